The van der Waals surface area contributed by atoms with Gasteiger partial charge in [0.15, 0.2) is 0 Å². The topological polar surface area (TPSA) is 80.4 Å². The van der Waals surface area contributed by atoms with Gasteiger partial charge in [0.25, 0.3) is 10.1 Å². The van der Waals surface area contributed by atoms with Crippen molar-refractivity contribution in [2.75, 3.05) is 6.54 Å². The summed E-state index contributed by atoms with van der Waals surface area (Å²) in [5, 5.41) is -0.779. The molecule has 4 nitrogen and oxygen atoms in total. The quantitative estimate of drug-likeness (QED) is 0.598. The first kappa shape index (κ1) is 15.7. The van der Waals surface area contributed by atoms with Gasteiger partial charge in [0.2, 0.25) is 0 Å². The van der Waals surface area contributed by atoms with Crippen LogP contribution in [0.1, 0.15) is 41.0 Å². The molecule has 106 valence electrons. The van der Waals surface area contributed by atoms with Gasteiger partial charge < -0.3 is 5.73 Å². The lowest BCUT2D eigenvalue weighted by Crippen LogP contribution is -2.47. The zero-order valence-corrected chi connectivity index (χ0v) is 12.7. The molecule has 3 atom stereocenters. The largest absolute Gasteiger partial charge is 0.330 e. The van der Waals surface area contributed by atoms with Crippen LogP contribution in [0.4, 0.5) is 0 Å². The van der Waals surface area contributed by atoms with Gasteiger partial charge in [-0.15, -0.1) is 0 Å². The minimum atomic E-state index is -4.06. The molecule has 1 rings (SSSR count). The highest BCUT2D eigenvalue weighted by atomic mass is 32.2. The van der Waals surface area contributed by atoms with Gasteiger partial charge in [-0.3, -0.25) is 4.55 Å². The minimum Gasteiger partial charge on any atom is -0.330 e. The average molecular weight is 275 g/mol. The zero-order valence-electron chi connectivity index (χ0n) is 11.9. The van der Waals surface area contributed by atoms with Crippen molar-refractivity contribution >= 4 is 10.1 Å². The molecule has 0 amide bonds. The lowest BCUT2D eigenvalue weighted by molar-refractivity contribution is 0.172. The molecule has 0 saturated heterocycles. The van der Waals surface area contributed by atoms with E-state index in [0.29, 0.717) is 6.42 Å². The van der Waals surface area contributed by atoms with Gasteiger partial charge in [-0.2, -0.15) is 8.42 Å². The van der Waals surface area contributed by atoms with Gasteiger partial charge in [0, 0.05) is 12.5 Å². The fraction of sp³-hybridized carbons (Fsp3) is 0.846. The van der Waals surface area contributed by atoms with Crippen LogP contribution in [-0.2, 0) is 10.1 Å². The number of rotatable bonds is 2. The third-order valence-electron chi connectivity index (χ3n) is 4.43. The molecule has 0 aromatic heterocycles. The molecule has 3 N–H and O–H groups in total. The van der Waals surface area contributed by atoms with Gasteiger partial charge in [-0.25, -0.2) is 0 Å². The molecule has 0 aliphatic heterocycles. The normalized spacial score (nSPS) is 32.4. The predicted octanol–water partition coefficient (Wildman–Crippen LogP) is 2.22. The maximum absolute atomic E-state index is 11.6. The summed E-state index contributed by atoms with van der Waals surface area (Å²) in [6.45, 7) is 10.4. The molecule has 18 heavy (non-hydrogen) atoms. The van der Waals surface area contributed by atoms with Crippen LogP contribution in [0.25, 0.3) is 0 Å². The maximum Gasteiger partial charge on any atom is 0.268 e. The van der Waals surface area contributed by atoms with E-state index in [1.165, 1.54) is 0 Å². The molecule has 1 aliphatic carbocycles. The summed E-state index contributed by atoms with van der Waals surface area (Å²) in [6.07, 6.45) is 0.450. The van der Waals surface area contributed by atoms with Crippen LogP contribution in [0, 0.1) is 17.3 Å². The van der Waals surface area contributed by atoms with Crippen LogP contribution in [0.3, 0.4) is 0 Å². The van der Waals surface area contributed by atoms with E-state index in [4.69, 9.17) is 5.73 Å². The highest BCUT2D eigenvalue weighted by Crippen LogP contribution is 2.48. The fourth-order valence-corrected chi connectivity index (χ4v) is 4.49. The first-order valence-electron chi connectivity index (χ1n) is 6.36. The van der Waals surface area contributed by atoms with Crippen LogP contribution in [0.2, 0.25) is 0 Å². The van der Waals surface area contributed by atoms with Gasteiger partial charge in [0.05, 0.1) is 5.25 Å². The number of hydrogen-bond donors (Lipinski definition) is 2. The Morgan fingerprint density at radius 2 is 1.94 bits per heavy atom. The van der Waals surface area contributed by atoms with Gasteiger partial charge in [-0.05, 0) is 31.6 Å². The van der Waals surface area contributed by atoms with Crippen molar-refractivity contribution in [3.63, 3.8) is 0 Å². The molecule has 0 bridgehead atoms. The van der Waals surface area contributed by atoms with Crippen LogP contribution < -0.4 is 5.73 Å². The van der Waals surface area contributed by atoms with Crippen molar-refractivity contribution in [2.45, 2.75) is 46.3 Å². The first-order chi connectivity index (χ1) is 8.02. The SMILES string of the molecule is CC(C)=C1C(C)C(C)(C)C[C@@H](S(=O)(=O)O)[C@@H]1CN. The molecule has 1 unspecified atom stereocenters. The second-order valence-electron chi connectivity index (χ2n) is 6.27. The smallest absolute Gasteiger partial charge is 0.268 e. The second kappa shape index (κ2) is 4.94. The van der Waals surface area contributed by atoms with Crippen molar-refractivity contribution in [1.82, 2.24) is 0 Å². The molecule has 1 aliphatic rings. The Morgan fingerprint density at radius 1 is 1.44 bits per heavy atom. The molecule has 0 spiro atoms. The van der Waals surface area contributed by atoms with E-state index >= 15 is 0 Å². The Bertz CT molecular complexity index is 447. The predicted molar refractivity (Wildman–Crippen MR) is 73.8 cm³/mol. The molecule has 1 saturated carbocycles. The van der Waals surface area contributed by atoms with Gasteiger partial charge in [-0.1, -0.05) is 31.9 Å². The van der Waals surface area contributed by atoms with E-state index in [9.17, 15) is 13.0 Å². The second-order valence-corrected chi connectivity index (χ2v) is 7.90. The molecule has 1 fully saturated rings. The van der Waals surface area contributed by atoms with Crippen molar-refractivity contribution in [3.05, 3.63) is 11.1 Å². The fourth-order valence-electron chi connectivity index (χ4n) is 3.18. The highest BCUT2D eigenvalue weighted by Gasteiger charge is 2.47. The Balaban J connectivity index is 3.38. The van der Waals surface area contributed by atoms with Crippen LogP contribution in [-0.4, -0.2) is 24.8 Å². The molecular weight excluding hydrogens is 250 g/mol. The Hall–Kier alpha value is -0.390. The Labute approximate surface area is 110 Å². The third kappa shape index (κ3) is 2.78. The van der Waals surface area contributed by atoms with Gasteiger partial charge >= 0.3 is 0 Å². The van der Waals surface area contributed by atoms with E-state index < -0.39 is 15.4 Å². The summed E-state index contributed by atoms with van der Waals surface area (Å²) >= 11 is 0. The Morgan fingerprint density at radius 3 is 2.28 bits per heavy atom. The minimum absolute atomic E-state index is 0.154. The Kier molecular flexibility index (Phi) is 4.30. The number of hydrogen-bond acceptors (Lipinski definition) is 3. The van der Waals surface area contributed by atoms with E-state index in [-0.39, 0.29) is 23.8 Å². The van der Waals surface area contributed by atoms with Crippen LogP contribution >= 0.6 is 0 Å². The van der Waals surface area contributed by atoms with Crippen molar-refractivity contribution < 1.29 is 13.0 Å². The summed E-state index contributed by atoms with van der Waals surface area (Å²) < 4.78 is 32.6. The molecule has 5 heteroatoms. The summed E-state index contributed by atoms with van der Waals surface area (Å²) in [5.41, 5.74) is 7.81. The molecule has 0 heterocycles. The highest BCUT2D eigenvalue weighted by molar-refractivity contribution is 7.86. The van der Waals surface area contributed by atoms with Crippen molar-refractivity contribution in [1.29, 1.82) is 0 Å². The molecule has 0 aromatic carbocycles. The van der Waals surface area contributed by atoms with E-state index in [2.05, 4.69) is 6.92 Å². The van der Waals surface area contributed by atoms with E-state index in [0.717, 1.165) is 11.1 Å². The summed E-state index contributed by atoms with van der Waals surface area (Å²) in [4.78, 5) is 0. The van der Waals surface area contributed by atoms with E-state index in [1.54, 1.807) is 0 Å². The van der Waals surface area contributed by atoms with E-state index in [1.807, 2.05) is 27.7 Å². The van der Waals surface area contributed by atoms with Crippen molar-refractivity contribution in [3.8, 4) is 0 Å². The lowest BCUT2D eigenvalue weighted by Gasteiger charge is -2.46. The number of allylic oxidation sites excluding steroid dienone is 1. The van der Waals surface area contributed by atoms with Crippen LogP contribution in [0.5, 0.6) is 0 Å². The van der Waals surface area contributed by atoms with Crippen LogP contribution in [0.15, 0.2) is 11.1 Å². The average Bonchev–Trinajstić information content (AvgIpc) is 2.18. The standard InChI is InChI=1S/C13H25NO3S/c1-8(2)12-9(3)13(4,5)6-11(10(12)7-14)18(15,16)17/h9-11H,6-7,14H2,1-5H3,(H,15,16,17)/t9?,10-,11+/m0/s1. The summed E-state index contributed by atoms with van der Waals surface area (Å²) in [6, 6.07) is 0. The number of nitrogens with two attached hydrogens (primary N) is 1. The summed E-state index contributed by atoms with van der Waals surface area (Å²) in [5.74, 6) is 0.00192. The maximum atomic E-state index is 11.6. The molecular formula is C13H25NO3S. The lowest BCUT2D eigenvalue weighted by atomic mass is 9.62. The molecule has 0 radical (unpaired) electrons. The first-order valence-corrected chi connectivity index (χ1v) is 7.86. The monoisotopic (exact) mass is 275 g/mol. The zero-order chi connectivity index (χ0) is 14.3. The third-order valence-corrected chi connectivity index (χ3v) is 5.69. The van der Waals surface area contributed by atoms with Crippen molar-refractivity contribution in [2.24, 2.45) is 23.0 Å². The summed E-state index contributed by atoms with van der Waals surface area (Å²) in [7, 11) is -4.06. The van der Waals surface area contributed by atoms with Gasteiger partial charge in [0.1, 0.15) is 0 Å². The molecule has 0 aromatic rings.